The van der Waals surface area contributed by atoms with Crippen molar-refractivity contribution < 1.29 is 0 Å². The van der Waals surface area contributed by atoms with Crippen molar-refractivity contribution in [3.63, 3.8) is 0 Å². The molecule has 1 heteroatoms. The second-order valence-electron chi connectivity index (χ2n) is 5.66. The van der Waals surface area contributed by atoms with Crippen LogP contribution in [0.1, 0.15) is 38.3 Å². The van der Waals surface area contributed by atoms with Crippen LogP contribution in [0.25, 0.3) is 0 Å². The predicted octanol–water partition coefficient (Wildman–Crippen LogP) is 3.56. The minimum Gasteiger partial charge on any atom is -0.317 e. The number of benzene rings is 1. The lowest BCUT2D eigenvalue weighted by Crippen LogP contribution is -2.29. The number of rotatable bonds is 5. The molecule has 0 bridgehead atoms. The Kier molecular flexibility index (Phi) is 4.55. The van der Waals surface area contributed by atoms with E-state index < -0.39 is 0 Å². The molecule has 0 radical (unpaired) electrons. The lowest BCUT2D eigenvalue weighted by molar-refractivity contribution is 0.293. The molecule has 1 nitrogen and oxygen atoms in total. The van der Waals surface area contributed by atoms with E-state index in [9.17, 15) is 0 Å². The van der Waals surface area contributed by atoms with Crippen molar-refractivity contribution in [2.75, 3.05) is 7.05 Å². The molecule has 16 heavy (non-hydrogen) atoms. The first-order valence-corrected chi connectivity index (χ1v) is 6.16. The summed E-state index contributed by atoms with van der Waals surface area (Å²) in [5.74, 6) is 0. The fourth-order valence-corrected chi connectivity index (χ4v) is 2.33. The molecule has 0 aromatic heterocycles. The molecule has 0 saturated heterocycles. The van der Waals surface area contributed by atoms with E-state index in [0.29, 0.717) is 11.5 Å². The fraction of sp³-hybridized carbons (Fsp3) is 0.600. The van der Waals surface area contributed by atoms with Crippen molar-refractivity contribution in [1.29, 1.82) is 0 Å². The van der Waals surface area contributed by atoms with Gasteiger partial charge in [-0.2, -0.15) is 0 Å². The first-order valence-electron chi connectivity index (χ1n) is 6.16. The Hall–Kier alpha value is -0.820. The highest BCUT2D eigenvalue weighted by atomic mass is 14.9. The summed E-state index contributed by atoms with van der Waals surface area (Å²) < 4.78 is 0. The molecule has 1 aromatic rings. The van der Waals surface area contributed by atoms with Gasteiger partial charge in [0.15, 0.2) is 0 Å². The molecule has 0 aliphatic carbocycles. The highest BCUT2D eigenvalue weighted by Crippen LogP contribution is 2.28. The predicted molar refractivity (Wildman–Crippen MR) is 71.8 cm³/mol. The summed E-state index contributed by atoms with van der Waals surface area (Å²) in [6, 6.07) is 9.29. The van der Waals surface area contributed by atoms with Crippen molar-refractivity contribution in [2.24, 2.45) is 5.41 Å². The van der Waals surface area contributed by atoms with E-state index in [4.69, 9.17) is 0 Å². The minimum atomic E-state index is 0.356. The highest BCUT2D eigenvalue weighted by Gasteiger charge is 2.21. The third-order valence-corrected chi connectivity index (χ3v) is 3.28. The van der Waals surface area contributed by atoms with E-state index in [2.05, 4.69) is 57.3 Å². The summed E-state index contributed by atoms with van der Waals surface area (Å²) in [7, 11) is 2.04. The van der Waals surface area contributed by atoms with E-state index in [1.54, 1.807) is 0 Å². The van der Waals surface area contributed by atoms with Crippen LogP contribution in [0.5, 0.6) is 0 Å². The summed E-state index contributed by atoms with van der Waals surface area (Å²) in [4.78, 5) is 0. The largest absolute Gasteiger partial charge is 0.317 e. The summed E-state index contributed by atoms with van der Waals surface area (Å²) in [5.41, 5.74) is 3.25. The van der Waals surface area contributed by atoms with E-state index >= 15 is 0 Å². The van der Waals surface area contributed by atoms with Crippen LogP contribution in [0.2, 0.25) is 0 Å². The molecule has 0 aliphatic heterocycles. The van der Waals surface area contributed by atoms with Gasteiger partial charge in [-0.25, -0.2) is 0 Å². The molecule has 1 N–H and O–H groups in total. The van der Waals surface area contributed by atoms with Crippen LogP contribution >= 0.6 is 0 Å². The van der Waals surface area contributed by atoms with E-state index in [1.807, 2.05) is 7.05 Å². The van der Waals surface area contributed by atoms with E-state index in [0.717, 1.165) is 6.42 Å². The summed E-state index contributed by atoms with van der Waals surface area (Å²) in [6.45, 7) is 9.16. The monoisotopic (exact) mass is 219 g/mol. The molecule has 1 rings (SSSR count). The normalized spacial score (nSPS) is 13.8. The molecular formula is C15H25N. The van der Waals surface area contributed by atoms with E-state index in [1.165, 1.54) is 17.5 Å². The summed E-state index contributed by atoms with van der Waals surface area (Å²) >= 11 is 0. The van der Waals surface area contributed by atoms with Gasteiger partial charge in [-0.3, -0.25) is 0 Å². The van der Waals surface area contributed by atoms with Crippen molar-refractivity contribution in [3.05, 3.63) is 35.4 Å². The molecule has 1 atom stereocenters. The van der Waals surface area contributed by atoms with Crippen LogP contribution in [-0.2, 0) is 6.42 Å². The Morgan fingerprint density at radius 1 is 1.25 bits per heavy atom. The number of nitrogens with one attached hydrogen (secondary N) is 1. The second-order valence-corrected chi connectivity index (χ2v) is 5.66. The SMILES string of the molecule is CNC(C)CC(C)(C)Cc1ccccc1C. The zero-order valence-corrected chi connectivity index (χ0v) is 11.3. The van der Waals surface area contributed by atoms with Crippen LogP contribution in [0.3, 0.4) is 0 Å². The molecule has 0 aliphatic rings. The van der Waals surface area contributed by atoms with Gasteiger partial charge in [-0.15, -0.1) is 0 Å². The number of hydrogen-bond donors (Lipinski definition) is 1. The third kappa shape index (κ3) is 3.97. The number of hydrogen-bond acceptors (Lipinski definition) is 1. The average Bonchev–Trinajstić information content (AvgIpc) is 2.20. The Balaban J connectivity index is 2.69. The first kappa shape index (κ1) is 13.2. The molecule has 0 heterocycles. The molecule has 1 aromatic carbocycles. The van der Waals surface area contributed by atoms with Crippen molar-refractivity contribution in [2.45, 2.75) is 46.6 Å². The lowest BCUT2D eigenvalue weighted by atomic mass is 9.79. The van der Waals surface area contributed by atoms with Gasteiger partial charge < -0.3 is 5.32 Å². The Bertz CT molecular complexity index is 328. The average molecular weight is 219 g/mol. The Labute approximate surface area is 100 Å². The van der Waals surface area contributed by atoms with Gasteiger partial charge in [0.25, 0.3) is 0 Å². The summed E-state index contributed by atoms with van der Waals surface area (Å²) in [5, 5.41) is 3.32. The molecule has 90 valence electrons. The van der Waals surface area contributed by atoms with Crippen LogP contribution in [0, 0.1) is 12.3 Å². The van der Waals surface area contributed by atoms with Gasteiger partial charge in [0.05, 0.1) is 0 Å². The maximum absolute atomic E-state index is 3.32. The molecular weight excluding hydrogens is 194 g/mol. The second kappa shape index (κ2) is 5.49. The topological polar surface area (TPSA) is 12.0 Å². The zero-order chi connectivity index (χ0) is 12.2. The maximum Gasteiger partial charge on any atom is 0.00409 e. The molecule has 0 saturated carbocycles. The van der Waals surface area contributed by atoms with Gasteiger partial charge in [-0.05, 0) is 50.3 Å². The van der Waals surface area contributed by atoms with Crippen molar-refractivity contribution in [1.82, 2.24) is 5.32 Å². The van der Waals surface area contributed by atoms with Gasteiger partial charge >= 0.3 is 0 Å². The zero-order valence-electron chi connectivity index (χ0n) is 11.3. The van der Waals surface area contributed by atoms with E-state index in [-0.39, 0.29) is 0 Å². The molecule has 1 unspecified atom stereocenters. The van der Waals surface area contributed by atoms with Gasteiger partial charge in [0.1, 0.15) is 0 Å². The maximum atomic E-state index is 3.32. The van der Waals surface area contributed by atoms with Crippen LogP contribution < -0.4 is 5.32 Å². The molecule has 0 fully saturated rings. The van der Waals surface area contributed by atoms with Crippen LogP contribution in [0.15, 0.2) is 24.3 Å². The minimum absolute atomic E-state index is 0.356. The van der Waals surface area contributed by atoms with Crippen LogP contribution in [0.4, 0.5) is 0 Å². The van der Waals surface area contributed by atoms with Gasteiger partial charge in [0, 0.05) is 6.04 Å². The Morgan fingerprint density at radius 3 is 2.44 bits per heavy atom. The summed E-state index contributed by atoms with van der Waals surface area (Å²) in [6.07, 6.45) is 2.36. The third-order valence-electron chi connectivity index (χ3n) is 3.28. The molecule has 0 amide bonds. The van der Waals surface area contributed by atoms with Crippen molar-refractivity contribution in [3.8, 4) is 0 Å². The standard InChI is InChI=1S/C15H25N/c1-12-8-6-7-9-14(12)11-15(3,4)10-13(2)16-5/h6-9,13,16H,10-11H2,1-5H3. The van der Waals surface area contributed by atoms with Gasteiger partial charge in [0.2, 0.25) is 0 Å². The number of aryl methyl sites for hydroxylation is 1. The van der Waals surface area contributed by atoms with Crippen LogP contribution in [-0.4, -0.2) is 13.1 Å². The highest BCUT2D eigenvalue weighted by molar-refractivity contribution is 5.26. The lowest BCUT2D eigenvalue weighted by Gasteiger charge is -2.28. The fourth-order valence-electron chi connectivity index (χ4n) is 2.33. The molecule has 0 spiro atoms. The van der Waals surface area contributed by atoms with Gasteiger partial charge in [-0.1, -0.05) is 38.1 Å². The smallest absolute Gasteiger partial charge is 0.00409 e. The quantitative estimate of drug-likeness (QED) is 0.798. The Morgan fingerprint density at radius 2 is 1.88 bits per heavy atom. The van der Waals surface area contributed by atoms with Crippen molar-refractivity contribution >= 4 is 0 Å². The first-order chi connectivity index (χ1) is 7.44.